The maximum absolute atomic E-state index is 13.6. The molecule has 1 amide bonds. The van der Waals surface area contributed by atoms with Crippen LogP contribution in [0.1, 0.15) is 16.7 Å². The maximum atomic E-state index is 13.6. The van der Waals surface area contributed by atoms with Gasteiger partial charge in [0.1, 0.15) is 24.7 Å². The number of sulfonamides is 1. The second kappa shape index (κ2) is 11.5. The molecule has 0 atom stereocenters. The molecule has 0 radical (unpaired) electrons. The predicted molar refractivity (Wildman–Crippen MR) is 138 cm³/mol. The Kier molecular flexibility index (Phi) is 8.64. The van der Waals surface area contributed by atoms with Gasteiger partial charge in [-0.25, -0.2) is 8.42 Å². The number of methoxy groups -OCH3 is 1. The first-order valence-electron chi connectivity index (χ1n) is 11.0. The molecule has 3 aromatic carbocycles. The first kappa shape index (κ1) is 26.4. The number of nitrogens with one attached hydrogen (secondary N) is 1. The molecule has 9 heteroatoms. The lowest BCUT2D eigenvalue weighted by atomic mass is 10.1. The van der Waals surface area contributed by atoms with E-state index in [1.807, 2.05) is 39.0 Å². The van der Waals surface area contributed by atoms with Crippen molar-refractivity contribution >= 4 is 33.2 Å². The van der Waals surface area contributed by atoms with Crippen molar-refractivity contribution in [3.63, 3.8) is 0 Å². The Hall–Kier alpha value is -3.23. The zero-order valence-corrected chi connectivity index (χ0v) is 21.7. The van der Waals surface area contributed by atoms with E-state index in [0.29, 0.717) is 5.02 Å². The molecule has 0 spiro atoms. The van der Waals surface area contributed by atoms with Crippen molar-refractivity contribution in [1.29, 1.82) is 0 Å². The normalized spacial score (nSPS) is 11.1. The lowest BCUT2D eigenvalue weighted by Crippen LogP contribution is -2.42. The molecule has 0 saturated carbocycles. The lowest BCUT2D eigenvalue weighted by Gasteiger charge is -2.26. The Morgan fingerprint density at radius 3 is 2.26 bits per heavy atom. The third kappa shape index (κ3) is 6.68. The highest BCUT2D eigenvalue weighted by atomic mass is 35.5. The van der Waals surface area contributed by atoms with Gasteiger partial charge in [0.25, 0.3) is 10.0 Å². The van der Waals surface area contributed by atoms with E-state index >= 15 is 0 Å². The number of amides is 1. The Bertz CT molecular complexity index is 1290. The molecule has 7 nitrogen and oxygen atoms in total. The van der Waals surface area contributed by atoms with E-state index < -0.39 is 22.5 Å². The van der Waals surface area contributed by atoms with Gasteiger partial charge in [0, 0.05) is 5.02 Å². The number of ether oxygens (including phenoxy) is 2. The van der Waals surface area contributed by atoms with Crippen LogP contribution in [0, 0.1) is 20.8 Å². The van der Waals surface area contributed by atoms with Crippen LogP contribution < -0.4 is 19.1 Å². The highest BCUT2D eigenvalue weighted by molar-refractivity contribution is 7.92. The van der Waals surface area contributed by atoms with Crippen LogP contribution in [0.5, 0.6) is 11.5 Å². The zero-order chi connectivity index (χ0) is 25.6. The van der Waals surface area contributed by atoms with Gasteiger partial charge in [0.05, 0.1) is 24.2 Å². The van der Waals surface area contributed by atoms with Gasteiger partial charge in [-0.3, -0.25) is 9.10 Å². The van der Waals surface area contributed by atoms with Gasteiger partial charge < -0.3 is 14.8 Å². The van der Waals surface area contributed by atoms with Crippen molar-refractivity contribution in [2.75, 3.05) is 31.1 Å². The molecular weight excluding hydrogens is 488 g/mol. The van der Waals surface area contributed by atoms with Crippen LogP contribution in [-0.4, -0.2) is 41.1 Å². The number of halogens is 1. The average Bonchev–Trinajstić information content (AvgIpc) is 2.81. The van der Waals surface area contributed by atoms with Gasteiger partial charge >= 0.3 is 0 Å². The summed E-state index contributed by atoms with van der Waals surface area (Å²) in [5.74, 6) is 0.514. The van der Waals surface area contributed by atoms with Crippen LogP contribution in [0.25, 0.3) is 0 Å². The number of carbonyl (C=O) groups excluding carboxylic acids is 1. The second-order valence-corrected chi connectivity index (χ2v) is 10.4. The summed E-state index contributed by atoms with van der Waals surface area (Å²) in [6, 6.07) is 16.9. The first-order chi connectivity index (χ1) is 16.6. The fraction of sp³-hybridized carbons (Fsp3) is 0.269. The summed E-state index contributed by atoms with van der Waals surface area (Å²) in [5, 5.41) is 3.04. The molecule has 0 unspecified atom stereocenters. The highest BCUT2D eigenvalue weighted by Gasteiger charge is 2.29. The number of anilines is 1. The molecule has 3 rings (SSSR count). The Balaban J connectivity index is 1.78. The zero-order valence-electron chi connectivity index (χ0n) is 20.2. The standard InChI is InChI=1S/C26H29ClN2O5S/c1-18-5-9-22(10-6-18)35(31,32)29(23-16-21(27)8-12-25(23)33-4)17-26(30)28-13-14-34-24-11-7-19(2)15-20(24)3/h5-12,15-16H,13-14,17H2,1-4H3,(H,28,30). The van der Waals surface area contributed by atoms with Crippen LogP contribution in [0.3, 0.4) is 0 Å². The Morgan fingerprint density at radius 2 is 1.60 bits per heavy atom. The van der Waals surface area contributed by atoms with E-state index in [1.165, 1.54) is 25.3 Å². The number of hydrogen-bond acceptors (Lipinski definition) is 5. The van der Waals surface area contributed by atoms with Gasteiger partial charge in [-0.1, -0.05) is 47.0 Å². The number of aryl methyl sites for hydroxylation is 3. The maximum Gasteiger partial charge on any atom is 0.264 e. The minimum Gasteiger partial charge on any atom is -0.495 e. The van der Waals surface area contributed by atoms with Crippen LogP contribution in [0.15, 0.2) is 65.6 Å². The van der Waals surface area contributed by atoms with Crippen LogP contribution in [0.4, 0.5) is 5.69 Å². The van der Waals surface area contributed by atoms with E-state index in [1.54, 1.807) is 24.3 Å². The quantitative estimate of drug-likeness (QED) is 0.396. The summed E-state index contributed by atoms with van der Waals surface area (Å²) in [5.41, 5.74) is 3.22. The SMILES string of the molecule is COc1ccc(Cl)cc1N(CC(=O)NCCOc1ccc(C)cc1C)S(=O)(=O)c1ccc(C)cc1. The molecule has 0 aliphatic heterocycles. The number of carbonyl (C=O) groups is 1. The summed E-state index contributed by atoms with van der Waals surface area (Å²) < 4.78 is 39.2. The van der Waals surface area contributed by atoms with Crippen molar-refractivity contribution < 1.29 is 22.7 Å². The fourth-order valence-corrected chi connectivity index (χ4v) is 5.08. The molecule has 0 aliphatic carbocycles. The van der Waals surface area contributed by atoms with Gasteiger partial charge in [0.2, 0.25) is 5.91 Å². The van der Waals surface area contributed by atoms with E-state index in [4.69, 9.17) is 21.1 Å². The van der Waals surface area contributed by atoms with E-state index in [2.05, 4.69) is 5.32 Å². The Labute approximate surface area is 211 Å². The predicted octanol–water partition coefficient (Wildman–Crippen LogP) is 4.66. The Morgan fingerprint density at radius 1 is 0.943 bits per heavy atom. The third-order valence-corrected chi connectivity index (χ3v) is 7.33. The summed E-state index contributed by atoms with van der Waals surface area (Å²) in [4.78, 5) is 12.9. The first-order valence-corrected chi connectivity index (χ1v) is 12.8. The topological polar surface area (TPSA) is 84.9 Å². The number of benzene rings is 3. The second-order valence-electron chi connectivity index (χ2n) is 8.11. The minimum atomic E-state index is -4.10. The number of nitrogens with zero attached hydrogens (tertiary/aromatic N) is 1. The largest absolute Gasteiger partial charge is 0.495 e. The van der Waals surface area contributed by atoms with Crippen molar-refractivity contribution in [2.45, 2.75) is 25.7 Å². The van der Waals surface area contributed by atoms with Crippen molar-refractivity contribution in [1.82, 2.24) is 5.32 Å². The van der Waals surface area contributed by atoms with Crippen LogP contribution in [0.2, 0.25) is 5.02 Å². The molecule has 35 heavy (non-hydrogen) atoms. The lowest BCUT2D eigenvalue weighted by molar-refractivity contribution is -0.119. The van der Waals surface area contributed by atoms with E-state index in [9.17, 15) is 13.2 Å². The molecule has 0 saturated heterocycles. The smallest absolute Gasteiger partial charge is 0.264 e. The van der Waals surface area contributed by atoms with Crippen LogP contribution >= 0.6 is 11.6 Å². The van der Waals surface area contributed by atoms with Crippen molar-refractivity contribution in [3.8, 4) is 11.5 Å². The summed E-state index contributed by atoms with van der Waals surface area (Å²) in [7, 11) is -2.67. The number of rotatable bonds is 10. The van der Waals surface area contributed by atoms with Crippen molar-refractivity contribution in [3.05, 3.63) is 82.4 Å². The highest BCUT2D eigenvalue weighted by Crippen LogP contribution is 2.34. The molecule has 3 aromatic rings. The van der Waals surface area contributed by atoms with Crippen LogP contribution in [-0.2, 0) is 14.8 Å². The molecule has 0 aliphatic rings. The summed E-state index contributed by atoms with van der Waals surface area (Å²) >= 11 is 6.16. The average molecular weight is 517 g/mol. The minimum absolute atomic E-state index is 0.0520. The summed E-state index contributed by atoms with van der Waals surface area (Å²) in [6.07, 6.45) is 0. The molecule has 0 bridgehead atoms. The monoisotopic (exact) mass is 516 g/mol. The molecule has 0 aromatic heterocycles. The van der Waals surface area contributed by atoms with E-state index in [0.717, 1.165) is 26.7 Å². The summed E-state index contributed by atoms with van der Waals surface area (Å²) in [6.45, 7) is 5.80. The van der Waals surface area contributed by atoms with Gasteiger partial charge in [-0.05, 0) is 62.7 Å². The van der Waals surface area contributed by atoms with Gasteiger partial charge in [-0.15, -0.1) is 0 Å². The molecule has 186 valence electrons. The number of hydrogen-bond donors (Lipinski definition) is 1. The van der Waals surface area contributed by atoms with Gasteiger partial charge in [0.15, 0.2) is 0 Å². The fourth-order valence-electron chi connectivity index (χ4n) is 3.49. The molecule has 1 N–H and O–H groups in total. The molecular formula is C26H29ClN2O5S. The molecule has 0 heterocycles. The van der Waals surface area contributed by atoms with E-state index in [-0.39, 0.29) is 29.5 Å². The molecule has 0 fully saturated rings. The van der Waals surface area contributed by atoms with Crippen molar-refractivity contribution in [2.24, 2.45) is 0 Å². The third-order valence-electron chi connectivity index (χ3n) is 5.32. The van der Waals surface area contributed by atoms with Gasteiger partial charge in [-0.2, -0.15) is 0 Å².